The van der Waals surface area contributed by atoms with Gasteiger partial charge in [0, 0.05) is 5.56 Å². The van der Waals surface area contributed by atoms with Crippen LogP contribution in [0.3, 0.4) is 0 Å². The van der Waals surface area contributed by atoms with E-state index in [1.54, 1.807) is 0 Å². The second-order valence-corrected chi connectivity index (χ2v) is 5.05. The van der Waals surface area contributed by atoms with Crippen LogP contribution in [-0.4, -0.2) is 23.2 Å². The highest BCUT2D eigenvalue weighted by Gasteiger charge is 2.21. The Balaban J connectivity index is 2.47. The predicted molar refractivity (Wildman–Crippen MR) is 74.0 cm³/mol. The number of aromatic nitrogens is 1. The summed E-state index contributed by atoms with van der Waals surface area (Å²) in [7, 11) is 1.35. The third-order valence-corrected chi connectivity index (χ3v) is 2.89. The van der Waals surface area contributed by atoms with Crippen LogP contribution in [-0.2, 0) is 6.42 Å². The molecule has 1 aromatic heterocycles. The van der Waals surface area contributed by atoms with E-state index in [4.69, 9.17) is 14.3 Å². The van der Waals surface area contributed by atoms with Crippen molar-refractivity contribution in [3.8, 4) is 17.2 Å². The summed E-state index contributed by atoms with van der Waals surface area (Å²) in [5.74, 6) is -1.42. The third kappa shape index (κ3) is 3.21. The van der Waals surface area contributed by atoms with Crippen LogP contribution < -0.4 is 4.74 Å². The normalized spacial score (nSPS) is 10.9. The van der Waals surface area contributed by atoms with E-state index < -0.39 is 11.8 Å². The maximum atomic E-state index is 13.4. The first-order chi connectivity index (χ1) is 9.92. The highest BCUT2D eigenvalue weighted by atomic mass is 19.1. The number of carbonyl (C=O) groups is 1. The van der Waals surface area contributed by atoms with Gasteiger partial charge in [0.15, 0.2) is 11.6 Å². The topological polar surface area (TPSA) is 72.6 Å². The van der Waals surface area contributed by atoms with Crippen molar-refractivity contribution in [1.82, 2.24) is 4.98 Å². The van der Waals surface area contributed by atoms with Gasteiger partial charge in [0.2, 0.25) is 11.7 Å². The van der Waals surface area contributed by atoms with Crippen molar-refractivity contribution in [2.45, 2.75) is 20.3 Å². The van der Waals surface area contributed by atoms with Crippen molar-refractivity contribution in [2.75, 3.05) is 7.11 Å². The molecule has 1 N–H and O–H groups in total. The summed E-state index contributed by atoms with van der Waals surface area (Å²) in [6.07, 6.45) is 0.490. The Bertz CT molecular complexity index is 664. The van der Waals surface area contributed by atoms with Crippen LogP contribution in [0.4, 0.5) is 4.39 Å². The number of hydrogen-bond donors (Lipinski definition) is 1. The number of aromatic carboxylic acids is 1. The maximum absolute atomic E-state index is 13.4. The lowest BCUT2D eigenvalue weighted by Gasteiger charge is -2.02. The highest BCUT2D eigenvalue weighted by Crippen LogP contribution is 2.28. The van der Waals surface area contributed by atoms with Gasteiger partial charge in [0.1, 0.15) is 0 Å². The molecule has 0 aliphatic heterocycles. The number of ether oxygens (including phenoxy) is 1. The molecule has 1 aromatic carbocycles. The number of methoxy groups -OCH3 is 1. The quantitative estimate of drug-likeness (QED) is 0.914. The number of rotatable bonds is 5. The largest absolute Gasteiger partial charge is 0.494 e. The number of hydrogen-bond acceptors (Lipinski definition) is 4. The van der Waals surface area contributed by atoms with Crippen LogP contribution in [0, 0.1) is 11.7 Å². The molecule has 0 saturated carbocycles. The van der Waals surface area contributed by atoms with Crippen LogP contribution in [0.1, 0.15) is 30.1 Å². The second kappa shape index (κ2) is 5.95. The average molecular weight is 293 g/mol. The monoisotopic (exact) mass is 293 g/mol. The number of benzene rings is 1. The number of carboxylic acids is 1. The molecular weight excluding hydrogens is 277 g/mol. The molecule has 21 heavy (non-hydrogen) atoms. The average Bonchev–Trinajstić information content (AvgIpc) is 2.82. The van der Waals surface area contributed by atoms with Gasteiger partial charge in [-0.1, -0.05) is 13.8 Å². The summed E-state index contributed by atoms with van der Waals surface area (Å²) in [6.45, 7) is 3.92. The van der Waals surface area contributed by atoms with Crippen LogP contribution in [0.2, 0.25) is 0 Å². The van der Waals surface area contributed by atoms with Gasteiger partial charge in [-0.15, -0.1) is 0 Å². The van der Waals surface area contributed by atoms with E-state index >= 15 is 0 Å². The van der Waals surface area contributed by atoms with Crippen molar-refractivity contribution < 1.29 is 23.4 Å². The van der Waals surface area contributed by atoms with Gasteiger partial charge in [-0.25, -0.2) is 14.2 Å². The standard InChI is InChI=1S/C15H16FNO4/c1-8(2)6-11-13(15(18)19)21-14(17-11)9-4-5-10(16)12(7-9)20-3/h4-5,7-8H,6H2,1-3H3,(H,18,19). The van der Waals surface area contributed by atoms with Crippen molar-refractivity contribution in [3.63, 3.8) is 0 Å². The van der Waals surface area contributed by atoms with Gasteiger partial charge in [-0.3, -0.25) is 0 Å². The molecule has 2 rings (SSSR count). The zero-order valence-electron chi connectivity index (χ0n) is 12.0. The van der Waals surface area contributed by atoms with Crippen molar-refractivity contribution in [2.24, 2.45) is 5.92 Å². The Morgan fingerprint density at radius 3 is 2.76 bits per heavy atom. The van der Waals surface area contributed by atoms with Crippen molar-refractivity contribution >= 4 is 5.97 Å². The van der Waals surface area contributed by atoms with Crippen LogP contribution in [0.25, 0.3) is 11.5 Å². The first-order valence-corrected chi connectivity index (χ1v) is 6.49. The minimum Gasteiger partial charge on any atom is -0.494 e. The van der Waals surface area contributed by atoms with Crippen LogP contribution in [0.15, 0.2) is 22.6 Å². The molecule has 1 heterocycles. The zero-order chi connectivity index (χ0) is 15.6. The Kier molecular flexibility index (Phi) is 4.26. The number of halogens is 1. The summed E-state index contributed by atoms with van der Waals surface area (Å²) in [4.78, 5) is 15.4. The summed E-state index contributed by atoms with van der Waals surface area (Å²) < 4.78 is 23.6. The predicted octanol–water partition coefficient (Wildman–Crippen LogP) is 3.39. The van der Waals surface area contributed by atoms with E-state index in [2.05, 4.69) is 4.98 Å². The summed E-state index contributed by atoms with van der Waals surface area (Å²) in [5, 5.41) is 9.17. The first-order valence-electron chi connectivity index (χ1n) is 6.49. The Morgan fingerprint density at radius 1 is 1.48 bits per heavy atom. The van der Waals surface area contributed by atoms with Gasteiger partial charge in [0.05, 0.1) is 12.8 Å². The van der Waals surface area contributed by atoms with E-state index in [9.17, 15) is 9.18 Å². The highest BCUT2D eigenvalue weighted by molar-refractivity contribution is 5.86. The lowest BCUT2D eigenvalue weighted by molar-refractivity contribution is 0.0661. The molecular formula is C15H16FNO4. The third-order valence-electron chi connectivity index (χ3n) is 2.89. The van der Waals surface area contributed by atoms with Gasteiger partial charge >= 0.3 is 5.97 Å². The Labute approximate surface area is 121 Å². The molecule has 112 valence electrons. The molecule has 0 saturated heterocycles. The zero-order valence-corrected chi connectivity index (χ0v) is 12.0. The van der Waals surface area contributed by atoms with E-state index in [0.717, 1.165) is 0 Å². The van der Waals surface area contributed by atoms with E-state index in [-0.39, 0.29) is 23.3 Å². The fraction of sp³-hybridized carbons (Fsp3) is 0.333. The SMILES string of the molecule is COc1cc(-c2nc(CC(C)C)c(C(=O)O)o2)ccc1F. The van der Waals surface area contributed by atoms with E-state index in [1.165, 1.54) is 25.3 Å². The Morgan fingerprint density at radius 2 is 2.19 bits per heavy atom. The molecule has 2 aromatic rings. The molecule has 0 aliphatic carbocycles. The molecule has 0 unspecified atom stereocenters. The number of carboxylic acid groups (broad SMARTS) is 1. The lowest BCUT2D eigenvalue weighted by atomic mass is 10.1. The molecule has 0 amide bonds. The molecule has 0 aliphatic rings. The fourth-order valence-corrected chi connectivity index (χ4v) is 1.96. The summed E-state index contributed by atoms with van der Waals surface area (Å²) in [5.41, 5.74) is 0.849. The number of oxazole rings is 1. The van der Waals surface area contributed by atoms with Gasteiger partial charge in [0.25, 0.3) is 0 Å². The Hall–Kier alpha value is -2.37. The van der Waals surface area contributed by atoms with Crippen LogP contribution in [0.5, 0.6) is 5.75 Å². The molecule has 0 atom stereocenters. The van der Waals surface area contributed by atoms with Gasteiger partial charge < -0.3 is 14.3 Å². The number of nitrogens with zero attached hydrogens (tertiary/aromatic N) is 1. The molecule has 0 bridgehead atoms. The summed E-state index contributed by atoms with van der Waals surface area (Å²) in [6, 6.07) is 4.11. The van der Waals surface area contributed by atoms with E-state index in [1.807, 2.05) is 13.8 Å². The molecule has 5 nitrogen and oxygen atoms in total. The van der Waals surface area contributed by atoms with Gasteiger partial charge in [-0.2, -0.15) is 0 Å². The second-order valence-electron chi connectivity index (χ2n) is 5.05. The lowest BCUT2D eigenvalue weighted by Crippen LogP contribution is -2.03. The molecule has 0 spiro atoms. The van der Waals surface area contributed by atoms with Gasteiger partial charge in [-0.05, 0) is 30.5 Å². The van der Waals surface area contributed by atoms with E-state index in [0.29, 0.717) is 17.7 Å². The summed E-state index contributed by atoms with van der Waals surface area (Å²) >= 11 is 0. The fourth-order valence-electron chi connectivity index (χ4n) is 1.96. The maximum Gasteiger partial charge on any atom is 0.373 e. The molecule has 6 heteroatoms. The minimum absolute atomic E-state index is 0.0491. The molecule has 0 fully saturated rings. The molecule has 0 radical (unpaired) electrons. The van der Waals surface area contributed by atoms with Crippen LogP contribution >= 0.6 is 0 Å². The van der Waals surface area contributed by atoms with Crippen molar-refractivity contribution in [3.05, 3.63) is 35.5 Å². The smallest absolute Gasteiger partial charge is 0.373 e. The van der Waals surface area contributed by atoms with Crippen molar-refractivity contribution in [1.29, 1.82) is 0 Å². The minimum atomic E-state index is -1.17. The first kappa shape index (κ1) is 15.0.